The summed E-state index contributed by atoms with van der Waals surface area (Å²) >= 11 is 0. The number of nitrogens with two attached hydrogens (primary N) is 1. The standard InChI is InChI=1S/C15H17F5N2O3/c1-7-14(25-3,15(18,19)20)6-10(13(21)23)22(7)9-5-4-8(16)11(17)12(9)24-2/h4-5,7,10H,6H2,1-3H3,(H2,21,23)/t7-,10+,14-/m1/s1. The number of rotatable bonds is 4. The Bertz CT molecular complexity index is 682. The van der Waals surface area contributed by atoms with Gasteiger partial charge in [0.05, 0.1) is 18.8 Å². The minimum Gasteiger partial charge on any atom is -0.491 e. The predicted molar refractivity (Wildman–Crippen MR) is 78.2 cm³/mol. The van der Waals surface area contributed by atoms with Gasteiger partial charge in [0.1, 0.15) is 6.04 Å². The molecule has 0 aromatic heterocycles. The summed E-state index contributed by atoms with van der Waals surface area (Å²) in [5, 5.41) is 0. The fraction of sp³-hybridized carbons (Fsp3) is 0.533. The number of benzene rings is 1. The molecule has 1 fully saturated rings. The lowest BCUT2D eigenvalue weighted by Gasteiger charge is -2.37. The molecule has 1 amide bonds. The minimum atomic E-state index is -4.82. The van der Waals surface area contributed by atoms with Gasteiger partial charge in [0.15, 0.2) is 17.2 Å². The third kappa shape index (κ3) is 2.78. The highest BCUT2D eigenvalue weighted by Gasteiger charge is 2.67. The van der Waals surface area contributed by atoms with E-state index in [0.29, 0.717) is 0 Å². The van der Waals surface area contributed by atoms with Crippen molar-refractivity contribution in [2.24, 2.45) is 5.73 Å². The number of nitrogens with zero attached hydrogens (tertiary/aromatic N) is 1. The SMILES string of the molecule is COc1c(N2[C@H](C(N)=O)C[C@](OC)(C(F)(F)F)[C@H]2C)ccc(F)c1F. The van der Waals surface area contributed by atoms with E-state index in [9.17, 15) is 26.7 Å². The summed E-state index contributed by atoms with van der Waals surface area (Å²) in [7, 11) is 1.91. The Morgan fingerprint density at radius 2 is 1.92 bits per heavy atom. The van der Waals surface area contributed by atoms with Crippen molar-refractivity contribution in [3.63, 3.8) is 0 Å². The molecule has 140 valence electrons. The lowest BCUT2D eigenvalue weighted by molar-refractivity contribution is -0.270. The van der Waals surface area contributed by atoms with E-state index in [1.807, 2.05) is 0 Å². The van der Waals surface area contributed by atoms with Gasteiger partial charge in [-0.3, -0.25) is 4.79 Å². The molecule has 0 aliphatic carbocycles. The van der Waals surface area contributed by atoms with Crippen LogP contribution in [-0.4, -0.2) is 44.0 Å². The Balaban J connectivity index is 2.67. The second-order valence-electron chi connectivity index (χ2n) is 5.71. The number of methoxy groups -OCH3 is 2. The number of alkyl halides is 3. The van der Waals surface area contributed by atoms with Gasteiger partial charge in [0.2, 0.25) is 11.7 Å². The van der Waals surface area contributed by atoms with Gasteiger partial charge >= 0.3 is 6.18 Å². The lowest BCUT2D eigenvalue weighted by atomic mass is 9.93. The van der Waals surface area contributed by atoms with Gasteiger partial charge < -0.3 is 20.1 Å². The molecule has 1 aromatic rings. The monoisotopic (exact) mass is 368 g/mol. The number of hydrogen-bond acceptors (Lipinski definition) is 4. The highest BCUT2D eigenvalue weighted by atomic mass is 19.4. The van der Waals surface area contributed by atoms with Crippen LogP contribution in [0.2, 0.25) is 0 Å². The van der Waals surface area contributed by atoms with Gasteiger partial charge in [0, 0.05) is 13.5 Å². The number of primary amides is 1. The summed E-state index contributed by atoms with van der Waals surface area (Å²) in [6, 6.07) is -1.13. The molecular formula is C15H17F5N2O3. The van der Waals surface area contributed by atoms with Crippen LogP contribution in [0.3, 0.4) is 0 Å². The Kier molecular flexibility index (Phi) is 4.86. The zero-order valence-electron chi connectivity index (χ0n) is 13.7. The second-order valence-corrected chi connectivity index (χ2v) is 5.71. The molecule has 5 nitrogen and oxygen atoms in total. The molecular weight excluding hydrogens is 351 g/mol. The van der Waals surface area contributed by atoms with Crippen LogP contribution in [0, 0.1) is 11.6 Å². The lowest BCUT2D eigenvalue weighted by Crippen LogP contribution is -2.55. The Morgan fingerprint density at radius 1 is 1.32 bits per heavy atom. The van der Waals surface area contributed by atoms with Crippen molar-refractivity contribution in [1.82, 2.24) is 0 Å². The van der Waals surface area contributed by atoms with E-state index in [-0.39, 0.29) is 5.69 Å². The van der Waals surface area contributed by atoms with Crippen molar-refractivity contribution in [1.29, 1.82) is 0 Å². The first kappa shape index (κ1) is 19.2. The third-order valence-corrected chi connectivity index (χ3v) is 4.61. The topological polar surface area (TPSA) is 64.8 Å². The molecule has 0 radical (unpaired) electrons. The summed E-state index contributed by atoms with van der Waals surface area (Å²) in [6.45, 7) is 1.17. The van der Waals surface area contributed by atoms with E-state index < -0.39 is 53.6 Å². The molecule has 1 aliphatic heterocycles. The second kappa shape index (κ2) is 6.32. The maximum absolute atomic E-state index is 14.0. The number of amides is 1. The molecule has 1 heterocycles. The van der Waals surface area contributed by atoms with Crippen LogP contribution in [0.5, 0.6) is 5.75 Å². The smallest absolute Gasteiger partial charge is 0.419 e. The first-order valence-electron chi connectivity index (χ1n) is 7.23. The number of carbonyl (C=O) groups excluding carboxylic acids is 1. The van der Waals surface area contributed by atoms with Gasteiger partial charge in [-0.2, -0.15) is 17.6 Å². The summed E-state index contributed by atoms with van der Waals surface area (Å²) in [6.07, 6.45) is -5.61. The average molecular weight is 368 g/mol. The van der Waals surface area contributed by atoms with Crippen LogP contribution in [-0.2, 0) is 9.53 Å². The van der Waals surface area contributed by atoms with Crippen LogP contribution in [0.4, 0.5) is 27.6 Å². The largest absolute Gasteiger partial charge is 0.491 e. The molecule has 0 saturated carbocycles. The van der Waals surface area contributed by atoms with E-state index in [4.69, 9.17) is 15.2 Å². The summed E-state index contributed by atoms with van der Waals surface area (Å²) in [4.78, 5) is 12.7. The van der Waals surface area contributed by atoms with E-state index in [1.165, 1.54) is 6.92 Å². The summed E-state index contributed by atoms with van der Waals surface area (Å²) in [5.74, 6) is -4.29. The van der Waals surface area contributed by atoms with E-state index in [0.717, 1.165) is 31.3 Å². The number of carbonyl (C=O) groups is 1. The molecule has 1 aliphatic rings. The molecule has 25 heavy (non-hydrogen) atoms. The maximum atomic E-state index is 14.0. The van der Waals surface area contributed by atoms with Gasteiger partial charge in [-0.05, 0) is 19.1 Å². The average Bonchev–Trinajstić information content (AvgIpc) is 2.83. The zero-order valence-corrected chi connectivity index (χ0v) is 13.7. The van der Waals surface area contributed by atoms with Gasteiger partial charge in [-0.1, -0.05) is 0 Å². The quantitative estimate of drug-likeness (QED) is 0.829. The van der Waals surface area contributed by atoms with Crippen molar-refractivity contribution in [2.75, 3.05) is 19.1 Å². The highest BCUT2D eigenvalue weighted by Crippen LogP contribution is 2.50. The molecule has 2 rings (SSSR count). The van der Waals surface area contributed by atoms with Crippen LogP contribution >= 0.6 is 0 Å². The zero-order chi connectivity index (χ0) is 19.2. The molecule has 2 N–H and O–H groups in total. The number of anilines is 1. The van der Waals surface area contributed by atoms with Crippen molar-refractivity contribution in [2.45, 2.75) is 37.2 Å². The van der Waals surface area contributed by atoms with E-state index >= 15 is 0 Å². The van der Waals surface area contributed by atoms with Crippen molar-refractivity contribution in [3.05, 3.63) is 23.8 Å². The number of ether oxygens (including phenoxy) is 2. The van der Waals surface area contributed by atoms with E-state index in [1.54, 1.807) is 0 Å². The van der Waals surface area contributed by atoms with Crippen molar-refractivity contribution < 1.29 is 36.2 Å². The molecule has 0 spiro atoms. The van der Waals surface area contributed by atoms with Crippen LogP contribution in [0.15, 0.2) is 12.1 Å². The van der Waals surface area contributed by atoms with Gasteiger partial charge in [-0.25, -0.2) is 4.39 Å². The fourth-order valence-corrected chi connectivity index (χ4v) is 3.31. The third-order valence-electron chi connectivity index (χ3n) is 4.61. The summed E-state index contributed by atoms with van der Waals surface area (Å²) in [5.41, 5.74) is 2.33. The Labute approximate surface area is 140 Å². The molecule has 3 atom stereocenters. The number of hydrogen-bond donors (Lipinski definition) is 1. The van der Waals surface area contributed by atoms with Crippen molar-refractivity contribution in [3.8, 4) is 5.75 Å². The normalized spacial score (nSPS) is 26.8. The Hall–Kier alpha value is -2.10. The maximum Gasteiger partial charge on any atom is 0.419 e. The number of halogens is 5. The molecule has 1 aromatic carbocycles. The van der Waals surface area contributed by atoms with Crippen LogP contribution < -0.4 is 15.4 Å². The molecule has 0 unspecified atom stereocenters. The van der Waals surface area contributed by atoms with E-state index in [2.05, 4.69) is 0 Å². The van der Waals surface area contributed by atoms with Crippen molar-refractivity contribution >= 4 is 11.6 Å². The predicted octanol–water partition coefficient (Wildman–Crippen LogP) is 2.37. The first-order chi connectivity index (χ1) is 11.5. The summed E-state index contributed by atoms with van der Waals surface area (Å²) < 4.78 is 77.9. The van der Waals surface area contributed by atoms with Crippen LogP contribution in [0.25, 0.3) is 0 Å². The highest BCUT2D eigenvalue weighted by molar-refractivity contribution is 5.86. The minimum absolute atomic E-state index is 0.221. The Morgan fingerprint density at radius 3 is 2.36 bits per heavy atom. The molecule has 1 saturated heterocycles. The fourth-order valence-electron chi connectivity index (χ4n) is 3.31. The molecule has 10 heteroatoms. The molecule has 0 bridgehead atoms. The van der Waals surface area contributed by atoms with Gasteiger partial charge in [0.25, 0.3) is 0 Å². The van der Waals surface area contributed by atoms with Gasteiger partial charge in [-0.15, -0.1) is 0 Å². The first-order valence-corrected chi connectivity index (χ1v) is 7.23. The van der Waals surface area contributed by atoms with Crippen LogP contribution in [0.1, 0.15) is 13.3 Å².